The molecule has 0 fully saturated rings. The predicted octanol–water partition coefficient (Wildman–Crippen LogP) is 1.01. The highest BCUT2D eigenvalue weighted by atomic mass is 32.2. The number of carbonyl (C=O) groups is 1. The summed E-state index contributed by atoms with van der Waals surface area (Å²) in [5.74, 6) is -0.124. The second-order valence-corrected chi connectivity index (χ2v) is 6.11. The molecule has 0 aliphatic rings. The van der Waals surface area contributed by atoms with E-state index in [2.05, 4.69) is 5.32 Å². The van der Waals surface area contributed by atoms with Gasteiger partial charge in [-0.2, -0.15) is 0 Å². The predicted molar refractivity (Wildman–Crippen MR) is 66.6 cm³/mol. The average Bonchev–Trinajstić information content (AvgIpc) is 2.59. The molecule has 0 radical (unpaired) electrons. The van der Waals surface area contributed by atoms with Gasteiger partial charge in [-0.1, -0.05) is 13.8 Å². The maximum Gasteiger partial charge on any atom is 0.287 e. The SMILES string of the molecule is Cc1oc(C(=O)NC(C)C(C)C)cc1S(N)(=O)=O. The van der Waals surface area contributed by atoms with E-state index in [-0.39, 0.29) is 28.4 Å². The van der Waals surface area contributed by atoms with Gasteiger partial charge in [0, 0.05) is 12.1 Å². The van der Waals surface area contributed by atoms with Crippen LogP contribution in [0.1, 0.15) is 37.1 Å². The molecule has 1 atom stereocenters. The molecule has 0 spiro atoms. The minimum absolute atomic E-state index is 0.0409. The minimum atomic E-state index is -3.86. The van der Waals surface area contributed by atoms with E-state index in [0.717, 1.165) is 6.07 Å². The topological polar surface area (TPSA) is 102 Å². The summed E-state index contributed by atoms with van der Waals surface area (Å²) in [5.41, 5.74) is 0. The summed E-state index contributed by atoms with van der Waals surface area (Å²) >= 11 is 0. The Kier molecular flexibility index (Phi) is 4.18. The molecule has 0 saturated heterocycles. The van der Waals surface area contributed by atoms with Crippen LogP contribution in [0.3, 0.4) is 0 Å². The van der Waals surface area contributed by atoms with Crippen LogP contribution in [0.2, 0.25) is 0 Å². The molecule has 6 nitrogen and oxygen atoms in total. The molecule has 0 aromatic carbocycles. The molecule has 0 bridgehead atoms. The van der Waals surface area contributed by atoms with Gasteiger partial charge in [-0.3, -0.25) is 4.79 Å². The van der Waals surface area contributed by atoms with Gasteiger partial charge in [0.2, 0.25) is 10.0 Å². The van der Waals surface area contributed by atoms with Crippen molar-refractivity contribution in [3.63, 3.8) is 0 Å². The normalized spacial score (nSPS) is 13.7. The van der Waals surface area contributed by atoms with E-state index in [4.69, 9.17) is 9.56 Å². The van der Waals surface area contributed by atoms with Crippen molar-refractivity contribution < 1.29 is 17.6 Å². The lowest BCUT2D eigenvalue weighted by atomic mass is 10.1. The van der Waals surface area contributed by atoms with Gasteiger partial charge >= 0.3 is 0 Å². The van der Waals surface area contributed by atoms with Crippen LogP contribution < -0.4 is 10.5 Å². The largest absolute Gasteiger partial charge is 0.455 e. The summed E-state index contributed by atoms with van der Waals surface area (Å²) in [6.45, 7) is 7.24. The van der Waals surface area contributed by atoms with Crippen LogP contribution in [-0.4, -0.2) is 20.4 Å². The third kappa shape index (κ3) is 3.33. The molecule has 1 unspecified atom stereocenters. The number of aryl methyl sites for hydroxylation is 1. The number of nitrogens with two attached hydrogens (primary N) is 1. The maximum absolute atomic E-state index is 11.8. The Morgan fingerprint density at radius 3 is 2.33 bits per heavy atom. The van der Waals surface area contributed by atoms with Crippen LogP contribution in [0.15, 0.2) is 15.4 Å². The highest BCUT2D eigenvalue weighted by Crippen LogP contribution is 2.18. The molecule has 1 amide bonds. The summed E-state index contributed by atoms with van der Waals surface area (Å²) in [4.78, 5) is 11.6. The van der Waals surface area contributed by atoms with Crippen molar-refractivity contribution in [2.45, 2.75) is 38.6 Å². The number of hydrogen-bond donors (Lipinski definition) is 2. The zero-order valence-corrected chi connectivity index (χ0v) is 11.7. The number of carbonyl (C=O) groups excluding carboxylic acids is 1. The van der Waals surface area contributed by atoms with Gasteiger partial charge in [0.25, 0.3) is 5.91 Å². The Balaban J connectivity index is 2.96. The Labute approximate surface area is 107 Å². The van der Waals surface area contributed by atoms with E-state index in [1.54, 1.807) is 0 Å². The highest BCUT2D eigenvalue weighted by molar-refractivity contribution is 7.89. The number of amides is 1. The smallest absolute Gasteiger partial charge is 0.287 e. The fourth-order valence-electron chi connectivity index (χ4n) is 1.30. The fraction of sp³-hybridized carbons (Fsp3) is 0.545. The molecule has 0 aliphatic carbocycles. The van der Waals surface area contributed by atoms with Crippen LogP contribution in [-0.2, 0) is 10.0 Å². The first-order chi connectivity index (χ1) is 8.12. The number of furan rings is 1. The van der Waals surface area contributed by atoms with Crippen LogP contribution in [0.5, 0.6) is 0 Å². The number of rotatable bonds is 4. The first-order valence-corrected chi connectivity index (χ1v) is 7.11. The second kappa shape index (κ2) is 5.11. The molecule has 1 rings (SSSR count). The van der Waals surface area contributed by atoms with Gasteiger partial charge in [0.15, 0.2) is 5.76 Å². The van der Waals surface area contributed by atoms with Crippen LogP contribution in [0, 0.1) is 12.8 Å². The van der Waals surface area contributed by atoms with Gasteiger partial charge in [0.05, 0.1) is 0 Å². The van der Waals surface area contributed by atoms with Crippen molar-refractivity contribution in [1.82, 2.24) is 5.32 Å². The quantitative estimate of drug-likeness (QED) is 0.855. The van der Waals surface area contributed by atoms with E-state index in [1.165, 1.54) is 6.92 Å². The number of hydrogen-bond acceptors (Lipinski definition) is 4. The third-order valence-corrected chi connectivity index (χ3v) is 3.78. The van der Waals surface area contributed by atoms with Gasteiger partial charge < -0.3 is 9.73 Å². The maximum atomic E-state index is 11.8. The number of sulfonamides is 1. The van der Waals surface area contributed by atoms with Gasteiger partial charge in [-0.15, -0.1) is 0 Å². The molecule has 1 heterocycles. The van der Waals surface area contributed by atoms with Crippen molar-refractivity contribution in [1.29, 1.82) is 0 Å². The standard InChI is InChI=1S/C11H18N2O4S/c1-6(2)7(3)13-11(14)9-5-10(8(4)17-9)18(12,15)16/h5-7H,1-4H3,(H,13,14)(H2,12,15,16). The zero-order valence-electron chi connectivity index (χ0n) is 10.9. The molecular formula is C11H18N2O4S. The zero-order chi connectivity index (χ0) is 14.1. The van der Waals surface area contributed by atoms with Crippen LogP contribution in [0.4, 0.5) is 0 Å². The van der Waals surface area contributed by atoms with Crippen molar-refractivity contribution in [3.05, 3.63) is 17.6 Å². The van der Waals surface area contributed by atoms with E-state index < -0.39 is 15.9 Å². The third-order valence-electron chi connectivity index (χ3n) is 2.76. The van der Waals surface area contributed by atoms with Gasteiger partial charge in [-0.05, 0) is 19.8 Å². The Hall–Kier alpha value is -1.34. The summed E-state index contributed by atoms with van der Waals surface area (Å²) < 4.78 is 27.5. The van der Waals surface area contributed by atoms with Crippen LogP contribution in [0.25, 0.3) is 0 Å². The van der Waals surface area contributed by atoms with Crippen molar-refractivity contribution in [2.24, 2.45) is 11.1 Å². The summed E-state index contributed by atoms with van der Waals surface area (Å²) in [5, 5.41) is 7.72. The fourth-order valence-corrected chi connectivity index (χ4v) is 2.02. The highest BCUT2D eigenvalue weighted by Gasteiger charge is 2.22. The van der Waals surface area contributed by atoms with E-state index in [9.17, 15) is 13.2 Å². The van der Waals surface area contributed by atoms with Crippen molar-refractivity contribution in [3.8, 4) is 0 Å². The lowest BCUT2D eigenvalue weighted by Crippen LogP contribution is -2.35. The van der Waals surface area contributed by atoms with Crippen molar-refractivity contribution >= 4 is 15.9 Å². The molecule has 1 aromatic heterocycles. The van der Waals surface area contributed by atoms with Crippen molar-refractivity contribution in [2.75, 3.05) is 0 Å². The lowest BCUT2D eigenvalue weighted by Gasteiger charge is -2.16. The summed E-state index contributed by atoms with van der Waals surface area (Å²) in [6, 6.07) is 1.10. The van der Waals surface area contributed by atoms with E-state index >= 15 is 0 Å². The minimum Gasteiger partial charge on any atom is -0.455 e. The van der Waals surface area contributed by atoms with E-state index in [1.807, 2.05) is 20.8 Å². The first-order valence-electron chi connectivity index (χ1n) is 5.57. The number of nitrogens with one attached hydrogen (secondary N) is 1. The average molecular weight is 274 g/mol. The monoisotopic (exact) mass is 274 g/mol. The first kappa shape index (κ1) is 14.7. The lowest BCUT2D eigenvalue weighted by molar-refractivity contribution is 0.0901. The van der Waals surface area contributed by atoms with E-state index in [0.29, 0.717) is 0 Å². The molecule has 18 heavy (non-hydrogen) atoms. The summed E-state index contributed by atoms with van der Waals surface area (Å²) in [7, 11) is -3.86. The molecule has 7 heteroatoms. The Bertz CT molecular complexity index is 545. The van der Waals surface area contributed by atoms with Crippen LogP contribution >= 0.6 is 0 Å². The molecule has 1 aromatic rings. The van der Waals surface area contributed by atoms with Gasteiger partial charge in [-0.25, -0.2) is 13.6 Å². The number of primary sulfonamides is 1. The molecule has 102 valence electrons. The molecule has 0 saturated carbocycles. The van der Waals surface area contributed by atoms with Gasteiger partial charge in [0.1, 0.15) is 10.7 Å². The molecule has 0 aliphatic heterocycles. The Morgan fingerprint density at radius 1 is 1.39 bits per heavy atom. The second-order valence-electron chi connectivity index (χ2n) is 4.58. The summed E-state index contributed by atoms with van der Waals surface area (Å²) in [6.07, 6.45) is 0. The molecule has 3 N–H and O–H groups in total. The molecular weight excluding hydrogens is 256 g/mol. The Morgan fingerprint density at radius 2 is 1.94 bits per heavy atom.